The number of hydrogen-bond acceptors (Lipinski definition) is 8. The van der Waals surface area contributed by atoms with Crippen LogP contribution < -0.4 is 21.1 Å². The second-order valence-corrected chi connectivity index (χ2v) is 12.4. The summed E-state index contributed by atoms with van der Waals surface area (Å²) in [6.45, 7) is 4.17. The molecule has 5 heterocycles. The second kappa shape index (κ2) is 11.7. The predicted octanol–water partition coefficient (Wildman–Crippen LogP) is 1.66. The third kappa shape index (κ3) is 5.70. The summed E-state index contributed by atoms with van der Waals surface area (Å²) in [5, 5.41) is 19.3. The molecule has 3 N–H and O–H groups in total. The van der Waals surface area contributed by atoms with Gasteiger partial charge in [0.25, 0.3) is 23.3 Å². The number of imide groups is 1. The first-order valence-corrected chi connectivity index (χ1v) is 15.0. The van der Waals surface area contributed by atoms with E-state index in [-0.39, 0.29) is 41.5 Å². The molecule has 0 spiro atoms. The molecule has 250 valence electrons. The van der Waals surface area contributed by atoms with Crippen LogP contribution in [0.5, 0.6) is 0 Å². The number of rotatable bonds is 5. The Balaban J connectivity index is 1.07. The van der Waals surface area contributed by atoms with E-state index < -0.39 is 53.0 Å². The summed E-state index contributed by atoms with van der Waals surface area (Å²) < 4.78 is 41.1. The largest absolute Gasteiger partial charge is 0.431 e. The van der Waals surface area contributed by atoms with Crippen molar-refractivity contribution in [3.8, 4) is 11.8 Å². The molecule has 2 atom stereocenters. The summed E-state index contributed by atoms with van der Waals surface area (Å²) in [7, 11) is 0.974. The maximum Gasteiger partial charge on any atom is 0.431 e. The number of anilines is 2. The van der Waals surface area contributed by atoms with E-state index in [4.69, 9.17) is 0 Å². The third-order valence-corrected chi connectivity index (χ3v) is 8.79. The average Bonchev–Trinajstić information content (AvgIpc) is 3.57. The Morgan fingerprint density at radius 1 is 1.06 bits per heavy atom. The molecule has 2 fully saturated rings. The van der Waals surface area contributed by atoms with Crippen molar-refractivity contribution in [3.63, 3.8) is 0 Å². The predicted molar refractivity (Wildman–Crippen MR) is 164 cm³/mol. The standard InChI is InChI=1S/C32H30F3N7O6/c1-31(2,30(48)37-22-8-10-24(32(33,34)35)39(3)29(22)47)41-16-17(13-36-41)4-5-18-14-40(15-18)19-6-7-20-21(12-19)28(46)42(27(20)45)23-9-11-25(43)38-26(23)44/h6-8,10,12-13,16,18,23,26,44H,9,11,14-15H2,1-3H3,(H,37,48)(H,38,43). The summed E-state index contributed by atoms with van der Waals surface area (Å²) in [5.41, 5.74) is -2.07. The summed E-state index contributed by atoms with van der Waals surface area (Å²) in [4.78, 5) is 66.3. The van der Waals surface area contributed by atoms with E-state index in [1.165, 1.54) is 24.7 Å². The van der Waals surface area contributed by atoms with Gasteiger partial charge in [0, 0.05) is 38.4 Å². The van der Waals surface area contributed by atoms with E-state index in [9.17, 15) is 42.3 Å². The molecule has 0 aliphatic carbocycles. The molecule has 3 aliphatic rings. The van der Waals surface area contributed by atoms with Gasteiger partial charge in [0.05, 0.1) is 34.8 Å². The zero-order valence-corrected chi connectivity index (χ0v) is 26.0. The Morgan fingerprint density at radius 3 is 2.46 bits per heavy atom. The fourth-order valence-corrected chi connectivity index (χ4v) is 5.84. The van der Waals surface area contributed by atoms with Gasteiger partial charge in [-0.2, -0.15) is 18.3 Å². The van der Waals surface area contributed by atoms with Crippen LogP contribution in [0.25, 0.3) is 0 Å². The first kappa shape index (κ1) is 32.5. The zero-order chi connectivity index (χ0) is 34.7. The number of aliphatic hydroxyl groups excluding tert-OH is 1. The van der Waals surface area contributed by atoms with Crippen LogP contribution in [0.1, 0.15) is 58.7 Å². The van der Waals surface area contributed by atoms with Crippen molar-refractivity contribution in [3.05, 3.63) is 75.5 Å². The van der Waals surface area contributed by atoms with Crippen LogP contribution in [-0.4, -0.2) is 73.3 Å². The molecule has 3 aromatic rings. The highest BCUT2D eigenvalue weighted by Gasteiger charge is 2.45. The van der Waals surface area contributed by atoms with Gasteiger partial charge in [-0.25, -0.2) is 0 Å². The van der Waals surface area contributed by atoms with E-state index in [0.29, 0.717) is 23.2 Å². The van der Waals surface area contributed by atoms with Crippen LogP contribution >= 0.6 is 0 Å². The van der Waals surface area contributed by atoms with E-state index in [1.807, 2.05) is 4.90 Å². The van der Waals surface area contributed by atoms with Crippen LogP contribution in [0, 0.1) is 17.8 Å². The van der Waals surface area contributed by atoms with E-state index in [1.54, 1.807) is 24.4 Å². The molecule has 1 aromatic carbocycles. The Morgan fingerprint density at radius 2 is 1.77 bits per heavy atom. The fraction of sp³-hybridized carbons (Fsp3) is 0.375. The number of fused-ring (bicyclic) bond motifs is 1. The number of nitrogens with zero attached hydrogens (tertiary/aromatic N) is 5. The third-order valence-electron chi connectivity index (χ3n) is 8.79. The molecule has 2 aromatic heterocycles. The lowest BCUT2D eigenvalue weighted by molar-refractivity contribution is -0.143. The number of carbonyl (C=O) groups is 4. The van der Waals surface area contributed by atoms with Gasteiger partial charge in [0.15, 0.2) is 0 Å². The van der Waals surface area contributed by atoms with Crippen LogP contribution in [0.4, 0.5) is 24.5 Å². The van der Waals surface area contributed by atoms with Gasteiger partial charge in [0.1, 0.15) is 23.1 Å². The van der Waals surface area contributed by atoms with Crippen LogP contribution in [0.2, 0.25) is 0 Å². The van der Waals surface area contributed by atoms with Crippen molar-refractivity contribution in [2.45, 2.75) is 50.7 Å². The minimum Gasteiger partial charge on any atom is -0.372 e. The van der Waals surface area contributed by atoms with Crippen LogP contribution in [-0.2, 0) is 28.4 Å². The number of aliphatic hydroxyl groups is 1. The molecule has 48 heavy (non-hydrogen) atoms. The average molecular weight is 666 g/mol. The molecule has 0 radical (unpaired) electrons. The van der Waals surface area contributed by atoms with Gasteiger partial charge in [-0.15, -0.1) is 0 Å². The van der Waals surface area contributed by atoms with Gasteiger partial charge in [-0.3, -0.25) is 33.6 Å². The van der Waals surface area contributed by atoms with Crippen molar-refractivity contribution < 1.29 is 37.5 Å². The molecular weight excluding hydrogens is 635 g/mol. The van der Waals surface area contributed by atoms with Gasteiger partial charge in [-0.05, 0) is 50.6 Å². The molecule has 4 amide bonds. The number of benzene rings is 1. The summed E-state index contributed by atoms with van der Waals surface area (Å²) in [5.74, 6) is 4.11. The normalized spacial score (nSPS) is 19.8. The Hall–Kier alpha value is -5.43. The molecule has 3 aliphatic heterocycles. The van der Waals surface area contributed by atoms with Crippen molar-refractivity contribution in [2.24, 2.45) is 13.0 Å². The van der Waals surface area contributed by atoms with Crippen molar-refractivity contribution in [1.29, 1.82) is 0 Å². The molecule has 2 unspecified atom stereocenters. The smallest absolute Gasteiger partial charge is 0.372 e. The molecule has 6 rings (SSSR count). The summed E-state index contributed by atoms with van der Waals surface area (Å²) >= 11 is 0. The second-order valence-electron chi connectivity index (χ2n) is 12.4. The quantitative estimate of drug-likeness (QED) is 0.274. The number of alkyl halides is 3. The molecule has 0 bridgehead atoms. The molecule has 16 heteroatoms. The highest BCUT2D eigenvalue weighted by atomic mass is 19.4. The van der Waals surface area contributed by atoms with Crippen LogP contribution in [0.3, 0.4) is 0 Å². The maximum absolute atomic E-state index is 13.2. The lowest BCUT2D eigenvalue weighted by Crippen LogP contribution is -2.57. The van der Waals surface area contributed by atoms with Gasteiger partial charge in [0.2, 0.25) is 5.91 Å². The topological polar surface area (TPSA) is 159 Å². The number of hydrogen-bond donors (Lipinski definition) is 3. The minimum atomic E-state index is -4.73. The fourth-order valence-electron chi connectivity index (χ4n) is 5.84. The first-order chi connectivity index (χ1) is 22.6. The van der Waals surface area contributed by atoms with Gasteiger partial charge < -0.3 is 25.2 Å². The van der Waals surface area contributed by atoms with Crippen molar-refractivity contribution in [2.75, 3.05) is 23.3 Å². The number of halogens is 3. The summed E-state index contributed by atoms with van der Waals surface area (Å²) in [6.07, 6.45) is -2.77. The molecule has 13 nitrogen and oxygen atoms in total. The number of aromatic nitrogens is 3. The number of piperidine rings is 1. The highest BCUT2D eigenvalue weighted by molar-refractivity contribution is 6.22. The maximum atomic E-state index is 13.2. The Bertz CT molecular complexity index is 1980. The number of amides is 4. The Kier molecular flexibility index (Phi) is 7.90. The molecular formula is C32H30F3N7O6. The van der Waals surface area contributed by atoms with Gasteiger partial charge in [-0.1, -0.05) is 11.8 Å². The van der Waals surface area contributed by atoms with E-state index in [0.717, 1.165) is 29.8 Å². The van der Waals surface area contributed by atoms with E-state index >= 15 is 0 Å². The SMILES string of the molecule is Cn1c(C(F)(F)F)ccc(NC(=O)C(C)(C)n2cc(C#CC3CN(c4ccc5c(c4)C(=O)N(C4CCC(=O)NC4O)C5=O)C3)cn2)c1=O. The monoisotopic (exact) mass is 665 g/mol. The van der Waals surface area contributed by atoms with Crippen molar-refractivity contribution in [1.82, 2.24) is 24.6 Å². The summed E-state index contributed by atoms with van der Waals surface area (Å²) in [6, 6.07) is 5.76. The number of nitrogens with one attached hydrogen (secondary N) is 2. The molecule has 0 saturated carbocycles. The van der Waals surface area contributed by atoms with Gasteiger partial charge >= 0.3 is 6.18 Å². The van der Waals surface area contributed by atoms with Crippen molar-refractivity contribution >= 4 is 35.0 Å². The lowest BCUT2D eigenvalue weighted by Gasteiger charge is -2.38. The highest BCUT2D eigenvalue weighted by Crippen LogP contribution is 2.33. The van der Waals surface area contributed by atoms with E-state index in [2.05, 4.69) is 27.6 Å². The lowest BCUT2D eigenvalue weighted by atomic mass is 9.98. The Labute approximate surface area is 271 Å². The molecule has 2 saturated heterocycles. The minimum absolute atomic E-state index is 0.0244. The number of pyridine rings is 1. The van der Waals surface area contributed by atoms with Crippen LogP contribution in [0.15, 0.2) is 47.5 Å². The zero-order valence-electron chi connectivity index (χ0n) is 26.0. The first-order valence-electron chi connectivity index (χ1n) is 15.0. The number of carbonyl (C=O) groups excluding carboxylic acids is 4.